The minimum Gasteiger partial charge on any atom is -0.460 e. The first kappa shape index (κ1) is 21.2. The lowest BCUT2D eigenvalue weighted by Crippen LogP contribution is -2.51. The van der Waals surface area contributed by atoms with E-state index in [4.69, 9.17) is 14.2 Å². The van der Waals surface area contributed by atoms with Crippen molar-refractivity contribution in [2.24, 2.45) is 0 Å². The van der Waals surface area contributed by atoms with E-state index < -0.39 is 23.3 Å². The predicted octanol–water partition coefficient (Wildman–Crippen LogP) is 3.23. The smallest absolute Gasteiger partial charge is 0.333 e. The van der Waals surface area contributed by atoms with Gasteiger partial charge in [-0.1, -0.05) is 67.2 Å². The Bertz CT molecular complexity index is 790. The molecule has 0 aromatic heterocycles. The van der Waals surface area contributed by atoms with Crippen molar-refractivity contribution in [3.05, 3.63) is 83.9 Å². The Balaban J connectivity index is 2.30. The van der Waals surface area contributed by atoms with Crippen LogP contribution in [0.1, 0.15) is 27.6 Å². The van der Waals surface area contributed by atoms with E-state index in [1.54, 1.807) is 60.7 Å². The molecule has 2 aromatic carbocycles. The number of Topliss-reactive ketones (excluding diaryl/α,β-unsaturated/α-hetero) is 2. The summed E-state index contributed by atoms with van der Waals surface area (Å²) in [5, 5.41) is 0. The second kappa shape index (κ2) is 9.73. The highest BCUT2D eigenvalue weighted by Crippen LogP contribution is 2.25. The second-order valence-electron chi connectivity index (χ2n) is 5.98. The summed E-state index contributed by atoms with van der Waals surface area (Å²) in [5.41, 5.74) is 0.749. The van der Waals surface area contributed by atoms with Crippen molar-refractivity contribution in [3.63, 3.8) is 0 Å². The third-order valence-corrected chi connectivity index (χ3v) is 3.93. The lowest BCUT2D eigenvalue weighted by molar-refractivity contribution is -0.165. The van der Waals surface area contributed by atoms with E-state index in [-0.39, 0.29) is 29.9 Å². The van der Waals surface area contributed by atoms with Gasteiger partial charge < -0.3 is 14.2 Å². The van der Waals surface area contributed by atoms with Gasteiger partial charge in [0.15, 0.2) is 0 Å². The largest absolute Gasteiger partial charge is 0.460 e. The van der Waals surface area contributed by atoms with Crippen molar-refractivity contribution in [1.82, 2.24) is 0 Å². The Kier molecular flexibility index (Phi) is 7.37. The number of hydrogen-bond acceptors (Lipinski definition) is 6. The summed E-state index contributed by atoms with van der Waals surface area (Å²) in [4.78, 5) is 37.8. The lowest BCUT2D eigenvalue weighted by atomic mass is 9.94. The van der Waals surface area contributed by atoms with Gasteiger partial charge in [-0.05, 0) is 6.92 Å². The van der Waals surface area contributed by atoms with Crippen LogP contribution in [0.4, 0.5) is 0 Å². The van der Waals surface area contributed by atoms with E-state index in [0.717, 1.165) is 0 Å². The average Bonchev–Trinajstić information content (AvgIpc) is 2.74. The van der Waals surface area contributed by atoms with E-state index >= 15 is 0 Å². The van der Waals surface area contributed by atoms with E-state index in [9.17, 15) is 14.4 Å². The van der Waals surface area contributed by atoms with Crippen molar-refractivity contribution >= 4 is 17.5 Å². The standard InChI is InChI=1S/C22H22O6/c1-16(2)21(25)27-14-15-28-22(26-3,19(23)17-10-6-4-7-11-17)20(24)18-12-8-5-9-13-18/h4-13H,1,14-15H2,2-3H3. The highest BCUT2D eigenvalue weighted by atomic mass is 16.7. The summed E-state index contributed by atoms with van der Waals surface area (Å²) in [6.07, 6.45) is 0. The topological polar surface area (TPSA) is 78.9 Å². The van der Waals surface area contributed by atoms with Gasteiger partial charge in [-0.2, -0.15) is 0 Å². The van der Waals surface area contributed by atoms with E-state index in [1.165, 1.54) is 14.0 Å². The minimum absolute atomic E-state index is 0.166. The number of carbonyl (C=O) groups is 3. The first-order valence-electron chi connectivity index (χ1n) is 8.64. The van der Waals surface area contributed by atoms with Crippen LogP contribution >= 0.6 is 0 Å². The maximum Gasteiger partial charge on any atom is 0.333 e. The van der Waals surface area contributed by atoms with Gasteiger partial charge in [-0.25, -0.2) is 4.79 Å². The van der Waals surface area contributed by atoms with Crippen molar-refractivity contribution in [2.45, 2.75) is 12.7 Å². The predicted molar refractivity (Wildman–Crippen MR) is 103 cm³/mol. The van der Waals surface area contributed by atoms with Crippen molar-refractivity contribution in [2.75, 3.05) is 20.3 Å². The molecule has 2 aromatic rings. The van der Waals surface area contributed by atoms with Crippen LogP contribution < -0.4 is 0 Å². The van der Waals surface area contributed by atoms with E-state index in [1.807, 2.05) is 0 Å². The summed E-state index contributed by atoms with van der Waals surface area (Å²) in [6, 6.07) is 16.5. The van der Waals surface area contributed by atoms with Gasteiger partial charge in [-0.15, -0.1) is 0 Å². The highest BCUT2D eigenvalue weighted by Gasteiger charge is 2.48. The lowest BCUT2D eigenvalue weighted by Gasteiger charge is -2.29. The molecular weight excluding hydrogens is 360 g/mol. The molecule has 0 bridgehead atoms. The van der Waals surface area contributed by atoms with Crippen molar-refractivity contribution in [1.29, 1.82) is 0 Å². The van der Waals surface area contributed by atoms with Gasteiger partial charge in [0.1, 0.15) is 6.61 Å². The fraction of sp³-hybridized carbons (Fsp3) is 0.227. The third kappa shape index (κ3) is 4.79. The fourth-order valence-corrected chi connectivity index (χ4v) is 2.48. The fourth-order valence-electron chi connectivity index (χ4n) is 2.48. The molecule has 0 radical (unpaired) electrons. The molecule has 0 amide bonds. The van der Waals surface area contributed by atoms with Gasteiger partial charge in [-0.3, -0.25) is 9.59 Å². The Hall–Kier alpha value is -3.09. The zero-order valence-electron chi connectivity index (χ0n) is 15.8. The Morgan fingerprint density at radius 2 is 1.32 bits per heavy atom. The Morgan fingerprint density at radius 1 is 0.857 bits per heavy atom. The van der Waals surface area contributed by atoms with Gasteiger partial charge in [0.25, 0.3) is 5.79 Å². The van der Waals surface area contributed by atoms with E-state index in [0.29, 0.717) is 0 Å². The Labute approximate surface area is 163 Å². The normalized spacial score (nSPS) is 10.9. The summed E-state index contributed by atoms with van der Waals surface area (Å²) in [5.74, 6) is -4.07. The number of esters is 1. The molecule has 0 unspecified atom stereocenters. The SMILES string of the molecule is C=C(C)C(=O)OCCOC(OC)(C(=O)c1ccccc1)C(=O)c1ccccc1. The summed E-state index contributed by atoms with van der Waals surface area (Å²) in [6.45, 7) is 4.62. The molecule has 0 fully saturated rings. The molecule has 0 saturated carbocycles. The van der Waals surface area contributed by atoms with Crippen LogP contribution in [-0.4, -0.2) is 43.6 Å². The number of methoxy groups -OCH3 is 1. The highest BCUT2D eigenvalue weighted by molar-refractivity contribution is 6.21. The third-order valence-electron chi connectivity index (χ3n) is 3.93. The molecule has 0 N–H and O–H groups in total. The Morgan fingerprint density at radius 3 is 1.71 bits per heavy atom. The van der Waals surface area contributed by atoms with Crippen molar-refractivity contribution < 1.29 is 28.6 Å². The number of carbonyl (C=O) groups excluding carboxylic acids is 3. The van der Waals surface area contributed by atoms with Gasteiger partial charge in [0.2, 0.25) is 11.6 Å². The molecule has 0 saturated heterocycles. The van der Waals surface area contributed by atoms with Crippen LogP contribution in [0.5, 0.6) is 0 Å². The molecule has 0 heterocycles. The molecule has 0 spiro atoms. The first-order chi connectivity index (χ1) is 13.4. The molecule has 2 rings (SSSR count). The number of ether oxygens (including phenoxy) is 3. The maximum atomic E-state index is 13.2. The maximum absolute atomic E-state index is 13.2. The number of benzene rings is 2. The van der Waals surface area contributed by atoms with Crippen LogP contribution in [0.25, 0.3) is 0 Å². The summed E-state index contributed by atoms with van der Waals surface area (Å²) >= 11 is 0. The molecule has 6 nitrogen and oxygen atoms in total. The zero-order valence-corrected chi connectivity index (χ0v) is 15.8. The van der Waals surface area contributed by atoms with Crippen LogP contribution in [-0.2, 0) is 19.0 Å². The number of rotatable bonds is 10. The quantitative estimate of drug-likeness (QED) is 0.157. The van der Waals surface area contributed by atoms with Crippen LogP contribution in [0.2, 0.25) is 0 Å². The van der Waals surface area contributed by atoms with E-state index in [2.05, 4.69) is 6.58 Å². The minimum atomic E-state index is -2.20. The molecule has 6 heteroatoms. The number of hydrogen-bond donors (Lipinski definition) is 0. The molecule has 146 valence electrons. The van der Waals surface area contributed by atoms with Gasteiger partial charge in [0.05, 0.1) is 6.61 Å². The monoisotopic (exact) mass is 382 g/mol. The van der Waals surface area contributed by atoms with Crippen molar-refractivity contribution in [3.8, 4) is 0 Å². The summed E-state index contributed by atoms with van der Waals surface area (Å²) in [7, 11) is 1.22. The first-order valence-corrected chi connectivity index (χ1v) is 8.64. The molecular formula is C22H22O6. The van der Waals surface area contributed by atoms with Gasteiger partial charge >= 0.3 is 5.97 Å². The molecule has 28 heavy (non-hydrogen) atoms. The molecule has 0 atom stereocenters. The number of ketones is 2. The average molecular weight is 382 g/mol. The zero-order chi connectivity index (χ0) is 20.6. The molecule has 0 aliphatic carbocycles. The van der Waals surface area contributed by atoms with Crippen LogP contribution in [0.3, 0.4) is 0 Å². The second-order valence-corrected chi connectivity index (χ2v) is 5.98. The molecule has 0 aliphatic heterocycles. The van der Waals surface area contributed by atoms with Crippen LogP contribution in [0, 0.1) is 0 Å². The summed E-state index contributed by atoms with van der Waals surface area (Å²) < 4.78 is 15.9. The van der Waals surface area contributed by atoms with Crippen LogP contribution in [0.15, 0.2) is 72.8 Å². The van der Waals surface area contributed by atoms with Gasteiger partial charge in [0, 0.05) is 23.8 Å². The molecule has 0 aliphatic rings.